The predicted molar refractivity (Wildman–Crippen MR) is 247 cm³/mol. The highest BCUT2D eigenvalue weighted by molar-refractivity contribution is 6.12. The summed E-state index contributed by atoms with van der Waals surface area (Å²) >= 11 is 0. The minimum atomic E-state index is -0.171. The van der Waals surface area contributed by atoms with E-state index >= 15 is 0 Å². The Hall–Kier alpha value is -7.49. The molecular weight excluding hydrogens is 715 g/mol. The Bertz CT molecular complexity index is 3460. The average molecular weight is 754 g/mol. The van der Waals surface area contributed by atoms with Crippen molar-refractivity contribution in [3.8, 4) is 56.1 Å². The Balaban J connectivity index is 1.06. The van der Waals surface area contributed by atoms with E-state index in [4.69, 9.17) is 4.98 Å². The lowest BCUT2D eigenvalue weighted by Crippen LogP contribution is -2.16. The van der Waals surface area contributed by atoms with Crippen LogP contribution in [-0.4, -0.2) is 14.1 Å². The molecule has 0 saturated heterocycles. The molecule has 0 unspecified atom stereocenters. The van der Waals surface area contributed by atoms with Gasteiger partial charge in [-0.2, -0.15) is 0 Å². The van der Waals surface area contributed by atoms with Crippen LogP contribution in [0.4, 0.5) is 0 Å². The van der Waals surface area contributed by atoms with Gasteiger partial charge in [0.05, 0.1) is 27.8 Å². The van der Waals surface area contributed by atoms with Crippen molar-refractivity contribution in [1.29, 1.82) is 0 Å². The fourth-order valence-electron chi connectivity index (χ4n) is 10.0. The predicted octanol–water partition coefficient (Wildman–Crippen LogP) is 14.6. The molecule has 8 aromatic carbocycles. The van der Waals surface area contributed by atoms with E-state index in [-0.39, 0.29) is 5.41 Å². The van der Waals surface area contributed by atoms with Crippen molar-refractivity contribution in [3.63, 3.8) is 0 Å². The Morgan fingerprint density at radius 3 is 1.63 bits per heavy atom. The molecule has 3 heterocycles. The zero-order valence-corrected chi connectivity index (χ0v) is 32.9. The number of fused-ring (bicyclic) bond motifs is 9. The SMILES string of the molecule is CC1(C)c2ccccc2-c2cccc(-c3cc(-c4ccccc4)cc(-n4c5ccccc5c5cc(-c6ccc7c(c6)c6ccccc6n7-c6ccccc6)ccc54)n3)c21. The summed E-state index contributed by atoms with van der Waals surface area (Å²) in [5, 5.41) is 4.91. The molecule has 0 fully saturated rings. The summed E-state index contributed by atoms with van der Waals surface area (Å²) in [6.45, 7) is 4.71. The largest absolute Gasteiger partial charge is 0.309 e. The lowest BCUT2D eigenvalue weighted by Gasteiger charge is -2.24. The number of rotatable bonds is 5. The van der Waals surface area contributed by atoms with E-state index in [1.807, 2.05) is 0 Å². The smallest absolute Gasteiger partial charge is 0.138 e. The second-order valence-electron chi connectivity index (χ2n) is 16.4. The van der Waals surface area contributed by atoms with E-state index in [1.165, 1.54) is 82.8 Å². The number of para-hydroxylation sites is 3. The minimum Gasteiger partial charge on any atom is -0.309 e. The van der Waals surface area contributed by atoms with Crippen LogP contribution in [0, 0.1) is 0 Å². The van der Waals surface area contributed by atoms with Gasteiger partial charge >= 0.3 is 0 Å². The highest BCUT2D eigenvalue weighted by Gasteiger charge is 2.37. The van der Waals surface area contributed by atoms with Crippen LogP contribution in [0.2, 0.25) is 0 Å². The summed E-state index contributed by atoms with van der Waals surface area (Å²) in [6.07, 6.45) is 0. The Kier molecular flexibility index (Phi) is 7.27. The summed E-state index contributed by atoms with van der Waals surface area (Å²) < 4.78 is 4.74. The van der Waals surface area contributed by atoms with Gasteiger partial charge < -0.3 is 4.57 Å². The monoisotopic (exact) mass is 753 g/mol. The molecule has 3 nitrogen and oxygen atoms in total. The van der Waals surface area contributed by atoms with Crippen LogP contribution >= 0.6 is 0 Å². The van der Waals surface area contributed by atoms with Gasteiger partial charge in [0.15, 0.2) is 0 Å². The van der Waals surface area contributed by atoms with Crippen molar-refractivity contribution in [3.05, 3.63) is 211 Å². The van der Waals surface area contributed by atoms with Crippen LogP contribution in [0.1, 0.15) is 25.0 Å². The number of benzene rings is 8. The van der Waals surface area contributed by atoms with Gasteiger partial charge in [-0.1, -0.05) is 153 Å². The van der Waals surface area contributed by atoms with E-state index in [1.54, 1.807) is 0 Å². The van der Waals surface area contributed by atoms with Crippen molar-refractivity contribution < 1.29 is 0 Å². The summed E-state index contributed by atoms with van der Waals surface area (Å²) in [5.41, 5.74) is 17.8. The molecule has 3 aromatic heterocycles. The Morgan fingerprint density at radius 1 is 0.373 bits per heavy atom. The first-order chi connectivity index (χ1) is 29.0. The first-order valence-electron chi connectivity index (χ1n) is 20.5. The van der Waals surface area contributed by atoms with Crippen molar-refractivity contribution in [2.24, 2.45) is 0 Å². The third-order valence-corrected chi connectivity index (χ3v) is 12.7. The van der Waals surface area contributed by atoms with E-state index < -0.39 is 0 Å². The fraction of sp³-hybridized carbons (Fsp3) is 0.0536. The summed E-state index contributed by atoms with van der Waals surface area (Å²) in [6, 6.07) is 72.9. The molecule has 0 aliphatic heterocycles. The molecule has 59 heavy (non-hydrogen) atoms. The zero-order valence-electron chi connectivity index (χ0n) is 32.9. The van der Waals surface area contributed by atoms with Gasteiger partial charge in [0.1, 0.15) is 5.82 Å². The molecule has 0 atom stereocenters. The second-order valence-corrected chi connectivity index (χ2v) is 16.4. The van der Waals surface area contributed by atoms with Crippen molar-refractivity contribution in [2.75, 3.05) is 0 Å². The normalized spacial score (nSPS) is 13.1. The molecular formula is C56H39N3. The zero-order chi connectivity index (χ0) is 39.2. The van der Waals surface area contributed by atoms with Gasteiger partial charge in [0.2, 0.25) is 0 Å². The maximum absolute atomic E-state index is 5.61. The number of aromatic nitrogens is 3. The molecule has 12 rings (SSSR count). The van der Waals surface area contributed by atoms with Gasteiger partial charge in [-0.25, -0.2) is 4.98 Å². The first-order valence-corrected chi connectivity index (χ1v) is 20.5. The van der Waals surface area contributed by atoms with Crippen molar-refractivity contribution in [1.82, 2.24) is 14.1 Å². The van der Waals surface area contributed by atoms with E-state index in [0.717, 1.165) is 28.1 Å². The third-order valence-electron chi connectivity index (χ3n) is 12.7. The fourth-order valence-corrected chi connectivity index (χ4v) is 10.0. The summed E-state index contributed by atoms with van der Waals surface area (Å²) in [7, 11) is 0. The van der Waals surface area contributed by atoms with Crippen molar-refractivity contribution >= 4 is 43.6 Å². The molecule has 0 amide bonds. The van der Waals surface area contributed by atoms with Crippen LogP contribution in [0.5, 0.6) is 0 Å². The van der Waals surface area contributed by atoms with Crippen LogP contribution in [0.15, 0.2) is 200 Å². The average Bonchev–Trinajstić information content (AvgIpc) is 3.89. The molecule has 0 radical (unpaired) electrons. The molecule has 0 spiro atoms. The highest BCUT2D eigenvalue weighted by Crippen LogP contribution is 2.52. The van der Waals surface area contributed by atoms with Gasteiger partial charge in [-0.3, -0.25) is 4.57 Å². The van der Waals surface area contributed by atoms with Gasteiger partial charge in [0.25, 0.3) is 0 Å². The number of nitrogens with zero attached hydrogens (tertiary/aromatic N) is 3. The molecule has 11 aromatic rings. The third kappa shape index (κ3) is 5.04. The standard InChI is InChI=1S/C56H39N3/c1-56(2)48-25-12-9-20-41(48)44-23-15-24-45(55(44)56)49-34-39(36-16-5-3-6-17-36)35-54(57-49)59-51-27-14-11-22-43(51)47-33-38(29-31-53(47)59)37-28-30-52-46(32-37)42-21-10-13-26-50(42)58(52)40-18-7-4-8-19-40/h3-35H,1-2H3. The Labute approximate surface area is 343 Å². The minimum absolute atomic E-state index is 0.171. The molecule has 0 saturated carbocycles. The Morgan fingerprint density at radius 2 is 0.915 bits per heavy atom. The summed E-state index contributed by atoms with van der Waals surface area (Å²) in [4.78, 5) is 5.61. The van der Waals surface area contributed by atoms with Crippen LogP contribution in [0.25, 0.3) is 99.8 Å². The maximum Gasteiger partial charge on any atom is 0.138 e. The van der Waals surface area contributed by atoms with E-state index in [0.29, 0.717) is 0 Å². The maximum atomic E-state index is 5.61. The lowest BCUT2D eigenvalue weighted by molar-refractivity contribution is 0.662. The quantitative estimate of drug-likeness (QED) is 0.172. The molecule has 0 N–H and O–H groups in total. The molecule has 3 heteroatoms. The van der Waals surface area contributed by atoms with Crippen LogP contribution in [-0.2, 0) is 5.41 Å². The molecule has 1 aliphatic carbocycles. The first kappa shape index (κ1) is 33.6. The summed E-state index contributed by atoms with van der Waals surface area (Å²) in [5.74, 6) is 0.904. The highest BCUT2D eigenvalue weighted by atomic mass is 15.1. The van der Waals surface area contributed by atoms with E-state index in [9.17, 15) is 0 Å². The topological polar surface area (TPSA) is 22.8 Å². The van der Waals surface area contributed by atoms with E-state index in [2.05, 4.69) is 223 Å². The van der Waals surface area contributed by atoms with Gasteiger partial charge in [-0.05, 0) is 105 Å². The van der Waals surface area contributed by atoms with Crippen LogP contribution < -0.4 is 0 Å². The van der Waals surface area contributed by atoms with Crippen LogP contribution in [0.3, 0.4) is 0 Å². The molecule has 0 bridgehead atoms. The second kappa shape index (κ2) is 12.8. The lowest BCUT2D eigenvalue weighted by atomic mass is 9.79. The number of hydrogen-bond acceptors (Lipinski definition) is 1. The molecule has 278 valence electrons. The molecule has 1 aliphatic rings. The van der Waals surface area contributed by atoms with Gasteiger partial charge in [-0.15, -0.1) is 0 Å². The number of pyridine rings is 1. The van der Waals surface area contributed by atoms with Crippen molar-refractivity contribution in [2.45, 2.75) is 19.3 Å². The number of hydrogen-bond donors (Lipinski definition) is 0. The van der Waals surface area contributed by atoms with Gasteiger partial charge in [0, 0.05) is 38.2 Å².